The van der Waals surface area contributed by atoms with Gasteiger partial charge in [-0.1, -0.05) is 26.0 Å². The van der Waals surface area contributed by atoms with E-state index in [0.717, 1.165) is 5.56 Å². The van der Waals surface area contributed by atoms with Crippen LogP contribution in [0.2, 0.25) is 0 Å². The average molecular weight is 564 g/mol. The maximum Gasteiger partial charge on any atom is 0.412 e. The summed E-state index contributed by atoms with van der Waals surface area (Å²) in [5.74, 6) is 0.621. The van der Waals surface area contributed by atoms with E-state index in [1.54, 1.807) is 45.0 Å². The van der Waals surface area contributed by atoms with E-state index in [1.807, 2.05) is 26.0 Å². The molecule has 0 radical (unpaired) electrons. The molecule has 0 bridgehead atoms. The summed E-state index contributed by atoms with van der Waals surface area (Å²) in [5.41, 5.74) is 5.01. The van der Waals surface area contributed by atoms with Gasteiger partial charge < -0.3 is 20.3 Å². The molecule has 0 aromatic heterocycles. The highest BCUT2D eigenvalue weighted by Gasteiger charge is 2.38. The second-order valence-corrected chi connectivity index (χ2v) is 13.6. The average Bonchev–Trinajstić information content (AvgIpc) is 2.80. The molecule has 3 N–H and O–H groups in total. The summed E-state index contributed by atoms with van der Waals surface area (Å²) >= 11 is 0. The summed E-state index contributed by atoms with van der Waals surface area (Å²) < 4.78 is 39.6. The van der Waals surface area contributed by atoms with E-state index in [2.05, 4.69) is 0 Å². The minimum Gasteiger partial charge on any atom is -0.497 e. The van der Waals surface area contributed by atoms with Gasteiger partial charge in [-0.15, -0.1) is 0 Å². The second kappa shape index (κ2) is 13.0. The first kappa shape index (κ1) is 32.4. The number of aliphatic hydroxyl groups is 1. The van der Waals surface area contributed by atoms with E-state index >= 15 is 0 Å². The van der Waals surface area contributed by atoms with Crippen LogP contribution < -0.4 is 10.5 Å². The molecule has 2 rings (SSSR count). The number of rotatable bonds is 12. The Morgan fingerprint density at radius 2 is 1.56 bits per heavy atom. The van der Waals surface area contributed by atoms with Crippen LogP contribution in [0.4, 0.5) is 10.5 Å². The number of nitrogen functional groups attached to an aromatic ring is 1. The molecule has 2 aromatic rings. The highest BCUT2D eigenvalue weighted by atomic mass is 32.2. The molecule has 9 nitrogen and oxygen atoms in total. The molecule has 0 saturated heterocycles. The monoisotopic (exact) mass is 563 g/mol. The zero-order valence-corrected chi connectivity index (χ0v) is 25.3. The lowest BCUT2D eigenvalue weighted by Gasteiger charge is -2.41. The third-order valence-corrected chi connectivity index (χ3v) is 7.85. The number of hydrogen-bond donors (Lipinski definition) is 2. The Hall–Kier alpha value is -2.82. The summed E-state index contributed by atoms with van der Waals surface area (Å²) in [6.45, 7) is 12.6. The normalized spacial score (nSPS) is 13.4. The van der Waals surface area contributed by atoms with Crippen LogP contribution >= 0.6 is 0 Å². The topological polar surface area (TPSA) is 122 Å². The lowest BCUT2D eigenvalue weighted by atomic mass is 9.99. The van der Waals surface area contributed by atoms with Crippen LogP contribution in [-0.4, -0.2) is 66.4 Å². The summed E-state index contributed by atoms with van der Waals surface area (Å²) in [7, 11) is -2.32. The first-order valence-electron chi connectivity index (χ1n) is 13.2. The third kappa shape index (κ3) is 9.70. The zero-order valence-electron chi connectivity index (χ0n) is 24.5. The molecule has 218 valence electrons. The molecule has 10 heteroatoms. The van der Waals surface area contributed by atoms with Gasteiger partial charge in [0.15, 0.2) is 0 Å². The van der Waals surface area contributed by atoms with Crippen LogP contribution in [0.3, 0.4) is 0 Å². The predicted molar refractivity (Wildman–Crippen MR) is 154 cm³/mol. The maximum absolute atomic E-state index is 13.7. The number of methoxy groups -OCH3 is 1. The van der Waals surface area contributed by atoms with Crippen LogP contribution in [0.15, 0.2) is 53.4 Å². The molecular formula is C29H45N3O6S. The number of anilines is 1. The summed E-state index contributed by atoms with van der Waals surface area (Å²) in [4.78, 5) is 14.8. The Balaban J connectivity index is 2.47. The van der Waals surface area contributed by atoms with Crippen LogP contribution in [-0.2, 0) is 21.2 Å². The lowest BCUT2D eigenvalue weighted by Crippen LogP contribution is -2.56. The van der Waals surface area contributed by atoms with Crippen molar-refractivity contribution < 1.29 is 27.8 Å². The fourth-order valence-electron chi connectivity index (χ4n) is 4.29. The molecule has 0 saturated carbocycles. The predicted octanol–water partition coefficient (Wildman–Crippen LogP) is 4.89. The molecule has 1 amide bonds. The zero-order chi connectivity index (χ0) is 29.6. The number of carbonyl (C=O) groups excluding carboxylic acids is 1. The van der Waals surface area contributed by atoms with Crippen molar-refractivity contribution >= 4 is 21.8 Å². The number of sulfonamides is 1. The summed E-state index contributed by atoms with van der Waals surface area (Å²) in [6, 6.07) is 13.0. The quantitative estimate of drug-likeness (QED) is 0.278. The van der Waals surface area contributed by atoms with Crippen LogP contribution in [0.25, 0.3) is 0 Å². The lowest BCUT2D eigenvalue weighted by molar-refractivity contribution is -0.102. The first-order valence-corrected chi connectivity index (χ1v) is 14.6. The van der Waals surface area contributed by atoms with Crippen LogP contribution in [0, 0.1) is 5.92 Å². The molecular weight excluding hydrogens is 518 g/mol. The molecule has 1 atom stereocenters. The number of carbonyl (C=O) groups is 1. The summed E-state index contributed by atoms with van der Waals surface area (Å²) in [5, 5.41) is 11.1. The molecule has 2 aromatic carbocycles. The Bertz CT molecular complexity index is 1170. The smallest absolute Gasteiger partial charge is 0.412 e. The van der Waals surface area contributed by atoms with E-state index in [0.29, 0.717) is 17.9 Å². The van der Waals surface area contributed by atoms with E-state index < -0.39 is 33.5 Å². The van der Waals surface area contributed by atoms with Crippen molar-refractivity contribution in [3.63, 3.8) is 0 Å². The van der Waals surface area contributed by atoms with Gasteiger partial charge in [-0.25, -0.2) is 13.2 Å². The van der Waals surface area contributed by atoms with Gasteiger partial charge in [-0.05, 0) is 95.3 Å². The fraction of sp³-hybridized carbons (Fsp3) is 0.552. The SMILES string of the molecule is COc1ccc(S(=O)(=O)N(CC[C@H](Cc2ccc(N)cc2)N(C(=O)OC(C)(C)C)C(C)(C)O)CC(C)C)cc1. The molecule has 0 aliphatic heterocycles. The van der Waals surface area contributed by atoms with Gasteiger partial charge in [0.05, 0.1) is 12.0 Å². The van der Waals surface area contributed by atoms with Gasteiger partial charge in [0, 0.05) is 24.8 Å². The van der Waals surface area contributed by atoms with Gasteiger partial charge in [0.25, 0.3) is 0 Å². The van der Waals surface area contributed by atoms with E-state index in [4.69, 9.17) is 15.2 Å². The van der Waals surface area contributed by atoms with Crippen molar-refractivity contribution in [2.45, 2.75) is 83.6 Å². The molecule has 0 aliphatic rings. The first-order chi connectivity index (χ1) is 17.9. The van der Waals surface area contributed by atoms with Gasteiger partial charge >= 0.3 is 6.09 Å². The molecule has 0 fully saturated rings. The second-order valence-electron chi connectivity index (χ2n) is 11.7. The van der Waals surface area contributed by atoms with Gasteiger partial charge in [0.2, 0.25) is 10.0 Å². The van der Waals surface area contributed by atoms with Gasteiger partial charge in [-0.2, -0.15) is 4.31 Å². The Morgan fingerprint density at radius 1 is 1.00 bits per heavy atom. The van der Waals surface area contributed by atoms with Crippen LogP contribution in [0.5, 0.6) is 5.75 Å². The molecule has 0 aliphatic carbocycles. The minimum atomic E-state index is -3.84. The van der Waals surface area contributed by atoms with Crippen molar-refractivity contribution in [3.8, 4) is 5.75 Å². The Kier molecular flexibility index (Phi) is 10.8. The van der Waals surface area contributed by atoms with E-state index in [1.165, 1.54) is 42.3 Å². The highest BCUT2D eigenvalue weighted by Crippen LogP contribution is 2.27. The van der Waals surface area contributed by atoms with Crippen LogP contribution in [0.1, 0.15) is 60.5 Å². The van der Waals surface area contributed by atoms with E-state index in [-0.39, 0.29) is 30.3 Å². The number of ether oxygens (including phenoxy) is 2. The summed E-state index contributed by atoms with van der Waals surface area (Å²) in [6.07, 6.45) is -0.0546. The van der Waals surface area contributed by atoms with Crippen molar-refractivity contribution in [1.82, 2.24) is 9.21 Å². The number of hydrogen-bond acceptors (Lipinski definition) is 7. The largest absolute Gasteiger partial charge is 0.497 e. The Morgan fingerprint density at radius 3 is 2.03 bits per heavy atom. The molecule has 0 spiro atoms. The minimum absolute atomic E-state index is 0.0600. The van der Waals surface area contributed by atoms with Crippen molar-refractivity contribution in [1.29, 1.82) is 0 Å². The van der Waals surface area contributed by atoms with Crippen molar-refractivity contribution in [2.75, 3.05) is 25.9 Å². The maximum atomic E-state index is 13.7. The third-order valence-electron chi connectivity index (χ3n) is 5.97. The molecule has 0 unspecified atom stereocenters. The van der Waals surface area contributed by atoms with Crippen molar-refractivity contribution in [3.05, 3.63) is 54.1 Å². The fourth-order valence-corrected chi connectivity index (χ4v) is 5.90. The number of nitrogens with two attached hydrogens (primary N) is 1. The van der Waals surface area contributed by atoms with Crippen molar-refractivity contribution in [2.24, 2.45) is 5.92 Å². The Labute approximate surface area is 233 Å². The highest BCUT2D eigenvalue weighted by molar-refractivity contribution is 7.89. The number of nitrogens with zero attached hydrogens (tertiary/aromatic N) is 2. The number of amides is 1. The van der Waals surface area contributed by atoms with Gasteiger partial charge in [-0.3, -0.25) is 4.90 Å². The number of benzene rings is 2. The standard InChI is InChI=1S/C29H45N3O6S/c1-21(2)20-31(39(35,36)26-15-13-25(37-8)14-16-26)18-17-24(19-22-9-11-23(30)12-10-22)32(29(6,7)34)27(33)38-28(3,4)5/h9-16,21,24,34H,17-20,30H2,1-8H3/t24-/m1/s1. The van der Waals surface area contributed by atoms with E-state index in [9.17, 15) is 18.3 Å². The molecule has 0 heterocycles. The molecule has 39 heavy (non-hydrogen) atoms. The van der Waals surface area contributed by atoms with Gasteiger partial charge in [0.1, 0.15) is 17.1 Å².